The molecule has 22 heavy (non-hydrogen) atoms. The summed E-state index contributed by atoms with van der Waals surface area (Å²) in [5, 5.41) is 0. The highest BCUT2D eigenvalue weighted by atomic mass is 16.5. The molecule has 0 spiro atoms. The second-order valence-electron chi connectivity index (χ2n) is 5.33. The zero-order valence-electron chi connectivity index (χ0n) is 12.6. The van der Waals surface area contributed by atoms with E-state index in [1.807, 2.05) is 36.4 Å². The Hall–Kier alpha value is -2.62. The number of carbonyl (C=O) groups excluding carboxylic acids is 2. The number of fused-ring (bicyclic) bond motifs is 1. The van der Waals surface area contributed by atoms with Gasteiger partial charge in [-0.2, -0.15) is 0 Å². The third kappa shape index (κ3) is 2.48. The maximum absolute atomic E-state index is 12.0. The van der Waals surface area contributed by atoms with Crippen LogP contribution in [-0.2, 0) is 16.0 Å². The molecule has 4 nitrogen and oxygen atoms in total. The van der Waals surface area contributed by atoms with Crippen molar-refractivity contribution in [2.75, 3.05) is 0 Å². The van der Waals surface area contributed by atoms with Gasteiger partial charge >= 0.3 is 5.97 Å². The first-order valence-electron chi connectivity index (χ1n) is 7.27. The van der Waals surface area contributed by atoms with Gasteiger partial charge in [-0.15, -0.1) is 0 Å². The highest BCUT2D eigenvalue weighted by Gasteiger charge is 2.25. The van der Waals surface area contributed by atoms with Crippen molar-refractivity contribution in [1.29, 1.82) is 0 Å². The number of rotatable bonds is 2. The molecule has 0 amide bonds. The lowest BCUT2D eigenvalue weighted by molar-refractivity contribution is -0.134. The summed E-state index contributed by atoms with van der Waals surface area (Å²) in [5.41, 5.74) is 3.76. The zero-order chi connectivity index (χ0) is 15.7. The summed E-state index contributed by atoms with van der Waals surface area (Å²) in [7, 11) is 0. The SMILES string of the molecule is CC(=O)OC1=CCCc2c1cn(C(C)=O)c2-c1ccccc1. The normalized spacial score (nSPS) is 13.3. The predicted octanol–water partition coefficient (Wildman–Crippen LogP) is 3.67. The van der Waals surface area contributed by atoms with E-state index in [2.05, 4.69) is 0 Å². The molecular formula is C18H17NO3. The molecular weight excluding hydrogens is 278 g/mol. The first-order chi connectivity index (χ1) is 10.6. The summed E-state index contributed by atoms with van der Waals surface area (Å²) in [6, 6.07) is 9.81. The second kappa shape index (κ2) is 5.64. The van der Waals surface area contributed by atoms with Gasteiger partial charge < -0.3 is 4.74 Å². The molecule has 0 atom stereocenters. The fourth-order valence-corrected chi connectivity index (χ4v) is 2.88. The summed E-state index contributed by atoms with van der Waals surface area (Å²) < 4.78 is 6.94. The Balaban J connectivity index is 2.19. The number of hydrogen-bond acceptors (Lipinski definition) is 3. The molecule has 0 aliphatic heterocycles. The molecule has 1 aliphatic rings. The Morgan fingerprint density at radius 3 is 2.50 bits per heavy atom. The molecule has 0 unspecified atom stereocenters. The Morgan fingerprint density at radius 2 is 1.86 bits per heavy atom. The van der Waals surface area contributed by atoms with Crippen LogP contribution in [-0.4, -0.2) is 16.4 Å². The monoisotopic (exact) mass is 295 g/mol. The van der Waals surface area contributed by atoms with Crippen LogP contribution in [0.2, 0.25) is 0 Å². The van der Waals surface area contributed by atoms with Crippen molar-refractivity contribution in [3.8, 4) is 11.3 Å². The number of hydrogen-bond donors (Lipinski definition) is 0. The Kier molecular flexibility index (Phi) is 3.67. The van der Waals surface area contributed by atoms with Crippen LogP contribution in [0.1, 0.15) is 36.2 Å². The summed E-state index contributed by atoms with van der Waals surface area (Å²) in [6.07, 6.45) is 5.29. The quantitative estimate of drug-likeness (QED) is 0.794. The van der Waals surface area contributed by atoms with Gasteiger partial charge in [0.05, 0.1) is 5.69 Å². The van der Waals surface area contributed by atoms with Crippen LogP contribution >= 0.6 is 0 Å². The van der Waals surface area contributed by atoms with E-state index in [1.54, 1.807) is 10.8 Å². The molecule has 3 rings (SSSR count). The van der Waals surface area contributed by atoms with E-state index in [9.17, 15) is 9.59 Å². The second-order valence-corrected chi connectivity index (χ2v) is 5.33. The molecule has 1 aromatic carbocycles. The maximum Gasteiger partial charge on any atom is 0.308 e. The highest BCUT2D eigenvalue weighted by Crippen LogP contribution is 2.36. The number of nitrogens with zero attached hydrogens (tertiary/aromatic N) is 1. The summed E-state index contributed by atoms with van der Waals surface area (Å²) in [6.45, 7) is 2.92. The van der Waals surface area contributed by atoms with Crippen LogP contribution in [0.5, 0.6) is 0 Å². The van der Waals surface area contributed by atoms with Crippen LogP contribution in [0, 0.1) is 0 Å². The first-order valence-corrected chi connectivity index (χ1v) is 7.27. The van der Waals surface area contributed by atoms with Crippen molar-refractivity contribution in [3.05, 3.63) is 53.7 Å². The number of benzene rings is 1. The number of aromatic nitrogens is 1. The first kappa shape index (κ1) is 14.3. The van der Waals surface area contributed by atoms with Gasteiger partial charge in [-0.3, -0.25) is 14.2 Å². The van der Waals surface area contributed by atoms with E-state index in [1.165, 1.54) is 13.8 Å². The molecule has 1 aromatic heterocycles. The van der Waals surface area contributed by atoms with Crippen molar-refractivity contribution in [2.45, 2.75) is 26.7 Å². The molecule has 2 aromatic rings. The molecule has 4 heteroatoms. The molecule has 1 heterocycles. The topological polar surface area (TPSA) is 48.3 Å². The van der Waals surface area contributed by atoms with Crippen LogP contribution in [0.15, 0.2) is 42.6 Å². The lowest BCUT2D eigenvalue weighted by atomic mass is 9.95. The number of carbonyl (C=O) groups is 2. The van der Waals surface area contributed by atoms with E-state index in [0.717, 1.165) is 35.2 Å². The Morgan fingerprint density at radius 1 is 1.14 bits per heavy atom. The van der Waals surface area contributed by atoms with Crippen molar-refractivity contribution in [1.82, 2.24) is 4.57 Å². The summed E-state index contributed by atoms with van der Waals surface area (Å²) in [5.74, 6) is 0.136. The average Bonchev–Trinajstić information content (AvgIpc) is 2.88. The van der Waals surface area contributed by atoms with Gasteiger partial charge in [-0.05, 0) is 30.0 Å². The maximum atomic E-state index is 12.0. The molecule has 1 aliphatic carbocycles. The van der Waals surface area contributed by atoms with Gasteiger partial charge in [0.2, 0.25) is 5.91 Å². The molecule has 0 saturated heterocycles. The third-order valence-electron chi connectivity index (χ3n) is 3.74. The molecule has 112 valence electrons. The zero-order valence-corrected chi connectivity index (χ0v) is 12.6. The molecule has 0 bridgehead atoms. The minimum absolute atomic E-state index is 0.0598. The minimum atomic E-state index is -0.351. The van der Waals surface area contributed by atoms with E-state index >= 15 is 0 Å². The fourth-order valence-electron chi connectivity index (χ4n) is 2.88. The van der Waals surface area contributed by atoms with Gasteiger partial charge in [-0.1, -0.05) is 30.3 Å². The number of ether oxygens (including phenoxy) is 1. The van der Waals surface area contributed by atoms with Crippen molar-refractivity contribution in [3.63, 3.8) is 0 Å². The highest BCUT2D eigenvalue weighted by molar-refractivity contribution is 5.88. The Bertz CT molecular complexity index is 769. The minimum Gasteiger partial charge on any atom is -0.426 e. The third-order valence-corrected chi connectivity index (χ3v) is 3.74. The lowest BCUT2D eigenvalue weighted by Crippen LogP contribution is -2.06. The molecule has 0 saturated carbocycles. The molecule has 0 N–H and O–H groups in total. The van der Waals surface area contributed by atoms with Crippen molar-refractivity contribution < 1.29 is 14.3 Å². The van der Waals surface area contributed by atoms with Crippen LogP contribution in [0.25, 0.3) is 17.0 Å². The molecule has 0 radical (unpaired) electrons. The van der Waals surface area contributed by atoms with E-state index in [-0.39, 0.29) is 11.9 Å². The average molecular weight is 295 g/mol. The lowest BCUT2D eigenvalue weighted by Gasteiger charge is -2.14. The Labute approximate surface area is 129 Å². The van der Waals surface area contributed by atoms with Crippen LogP contribution in [0.3, 0.4) is 0 Å². The van der Waals surface area contributed by atoms with E-state index in [0.29, 0.717) is 5.76 Å². The largest absolute Gasteiger partial charge is 0.426 e. The van der Waals surface area contributed by atoms with Crippen LogP contribution < -0.4 is 0 Å². The predicted molar refractivity (Wildman–Crippen MR) is 84.2 cm³/mol. The summed E-state index contributed by atoms with van der Waals surface area (Å²) in [4.78, 5) is 23.3. The standard InChI is InChI=1S/C18H17NO3/c1-12(20)19-11-16-15(9-6-10-17(16)22-13(2)21)18(19)14-7-4-3-5-8-14/h3-5,7-8,10-11H,6,9H2,1-2H3. The molecule has 0 fully saturated rings. The fraction of sp³-hybridized carbons (Fsp3) is 0.222. The summed E-state index contributed by atoms with van der Waals surface area (Å²) >= 11 is 0. The van der Waals surface area contributed by atoms with Gasteiger partial charge in [0.1, 0.15) is 5.76 Å². The van der Waals surface area contributed by atoms with Crippen molar-refractivity contribution >= 4 is 17.6 Å². The number of allylic oxidation sites excluding steroid dienone is 1. The van der Waals surface area contributed by atoms with Crippen molar-refractivity contribution in [2.24, 2.45) is 0 Å². The van der Waals surface area contributed by atoms with E-state index < -0.39 is 0 Å². The van der Waals surface area contributed by atoms with Gasteiger partial charge in [0.25, 0.3) is 0 Å². The van der Waals surface area contributed by atoms with E-state index in [4.69, 9.17) is 4.74 Å². The van der Waals surface area contributed by atoms with Crippen LogP contribution in [0.4, 0.5) is 0 Å². The van der Waals surface area contributed by atoms with Gasteiger partial charge in [-0.25, -0.2) is 0 Å². The van der Waals surface area contributed by atoms with Gasteiger partial charge in [0.15, 0.2) is 0 Å². The van der Waals surface area contributed by atoms with Gasteiger partial charge in [0, 0.05) is 25.6 Å². The number of esters is 1. The smallest absolute Gasteiger partial charge is 0.308 e.